The lowest BCUT2D eigenvalue weighted by atomic mass is 10.7. The van der Waals surface area contributed by atoms with Crippen LogP contribution in [0.4, 0.5) is 0 Å². The van der Waals surface area contributed by atoms with Gasteiger partial charge in [0.1, 0.15) is 5.82 Å². The summed E-state index contributed by atoms with van der Waals surface area (Å²) in [4.78, 5) is 0. The number of aryl methyl sites for hydroxylation is 1. The minimum atomic E-state index is 0.931. The highest BCUT2D eigenvalue weighted by atomic mass is 127. The van der Waals surface area contributed by atoms with Crippen LogP contribution >= 0.6 is 22.6 Å². The first-order valence-electron chi connectivity index (χ1n) is 2.23. The first-order chi connectivity index (χ1) is 3.72. The molecule has 0 atom stereocenters. The molecule has 4 heteroatoms. The maximum absolute atomic E-state index is 3.82. The normalized spacial score (nSPS) is 9.88. The monoisotopic (exact) mass is 223 g/mol. The summed E-state index contributed by atoms with van der Waals surface area (Å²) < 4.78 is 2.86. The van der Waals surface area contributed by atoms with Gasteiger partial charge in [-0.2, -0.15) is 0 Å². The third-order valence-electron chi connectivity index (χ3n) is 1.04. The van der Waals surface area contributed by atoms with Gasteiger partial charge in [0.25, 0.3) is 0 Å². The van der Waals surface area contributed by atoms with Crippen molar-refractivity contribution >= 4 is 22.6 Å². The second-order valence-corrected chi connectivity index (χ2v) is 2.54. The number of hydrogen-bond acceptors (Lipinski definition) is 2. The summed E-state index contributed by atoms with van der Waals surface area (Å²) in [6, 6.07) is 0. The van der Waals surface area contributed by atoms with E-state index in [1.54, 1.807) is 0 Å². The van der Waals surface area contributed by atoms with Crippen LogP contribution in [-0.4, -0.2) is 14.8 Å². The van der Waals surface area contributed by atoms with E-state index in [0.717, 1.165) is 9.66 Å². The molecule has 0 saturated heterocycles. The fourth-order valence-corrected chi connectivity index (χ4v) is 0.838. The summed E-state index contributed by atoms with van der Waals surface area (Å²) >= 11 is 2.13. The Hall–Kier alpha value is -0.130. The number of aromatic nitrogens is 3. The van der Waals surface area contributed by atoms with E-state index >= 15 is 0 Å². The molecule has 3 nitrogen and oxygen atoms in total. The highest BCUT2D eigenvalue weighted by Crippen LogP contribution is 1.98. The first kappa shape index (κ1) is 6.00. The summed E-state index contributed by atoms with van der Waals surface area (Å²) in [5.74, 6) is 0.953. The van der Waals surface area contributed by atoms with Gasteiger partial charge < -0.3 is 4.57 Å². The molecule has 0 fully saturated rings. The van der Waals surface area contributed by atoms with Gasteiger partial charge in [0.15, 0.2) is 3.83 Å². The van der Waals surface area contributed by atoms with Gasteiger partial charge in [0.2, 0.25) is 0 Å². The Balaban J connectivity index is 3.19. The second kappa shape index (κ2) is 2.00. The van der Waals surface area contributed by atoms with Gasteiger partial charge in [0, 0.05) is 29.6 Å². The lowest BCUT2D eigenvalue weighted by Crippen LogP contribution is -1.92. The van der Waals surface area contributed by atoms with Crippen molar-refractivity contribution in [3.63, 3.8) is 0 Å². The molecule has 0 aromatic carbocycles. The Bertz CT molecular complexity index is 174. The average molecular weight is 223 g/mol. The van der Waals surface area contributed by atoms with Crippen LogP contribution in [0.1, 0.15) is 5.82 Å². The van der Waals surface area contributed by atoms with Crippen molar-refractivity contribution in [3.8, 4) is 0 Å². The lowest BCUT2D eigenvalue weighted by Gasteiger charge is -1.89. The van der Waals surface area contributed by atoms with Crippen molar-refractivity contribution in [1.29, 1.82) is 0 Å². The lowest BCUT2D eigenvalue weighted by molar-refractivity contribution is 0.835. The van der Waals surface area contributed by atoms with Gasteiger partial charge in [-0.1, -0.05) is 0 Å². The number of halogens is 1. The molecule has 0 aliphatic carbocycles. The third kappa shape index (κ3) is 0.841. The Kier molecular flexibility index (Phi) is 1.50. The highest BCUT2D eigenvalue weighted by molar-refractivity contribution is 14.1. The Morgan fingerprint density at radius 3 is 2.25 bits per heavy atom. The van der Waals surface area contributed by atoms with Crippen LogP contribution in [0.5, 0.6) is 0 Å². The molecular weight excluding hydrogens is 217 g/mol. The van der Waals surface area contributed by atoms with Crippen molar-refractivity contribution in [3.05, 3.63) is 9.66 Å². The van der Waals surface area contributed by atoms with Crippen LogP contribution in [0, 0.1) is 10.8 Å². The maximum atomic E-state index is 3.82. The molecule has 1 aromatic heterocycles. The summed E-state index contributed by atoms with van der Waals surface area (Å²) in [5, 5.41) is 7.64. The highest BCUT2D eigenvalue weighted by Gasteiger charge is 1.96. The van der Waals surface area contributed by atoms with E-state index in [1.165, 1.54) is 0 Å². The molecule has 0 radical (unpaired) electrons. The maximum Gasteiger partial charge on any atom is 0.194 e. The van der Waals surface area contributed by atoms with Crippen molar-refractivity contribution < 1.29 is 0 Å². The smallest absolute Gasteiger partial charge is 0.194 e. The van der Waals surface area contributed by atoms with E-state index in [-0.39, 0.29) is 0 Å². The fraction of sp³-hybridized carbons (Fsp3) is 0.500. The molecule has 0 amide bonds. The van der Waals surface area contributed by atoms with E-state index in [9.17, 15) is 0 Å². The van der Waals surface area contributed by atoms with Gasteiger partial charge in [-0.25, -0.2) is 0 Å². The minimum Gasteiger partial charge on any atom is -0.310 e. The van der Waals surface area contributed by atoms with Gasteiger partial charge in [0.05, 0.1) is 0 Å². The first-order valence-corrected chi connectivity index (χ1v) is 3.31. The molecule has 0 spiro atoms. The van der Waals surface area contributed by atoms with E-state index in [2.05, 4.69) is 32.8 Å². The molecule has 1 aromatic rings. The molecule has 1 rings (SSSR count). The Morgan fingerprint density at radius 2 is 2.12 bits per heavy atom. The van der Waals surface area contributed by atoms with Crippen LogP contribution < -0.4 is 0 Å². The molecule has 1 heterocycles. The average Bonchev–Trinajstić information content (AvgIpc) is 1.98. The SMILES string of the molecule is Cc1nnc(I)n1C. The standard InChI is InChI=1S/C4H6IN3/c1-3-6-7-4(5)8(3)2/h1-2H3. The molecule has 44 valence electrons. The van der Waals surface area contributed by atoms with Gasteiger partial charge in [-0.15, -0.1) is 10.2 Å². The predicted octanol–water partition coefficient (Wildman–Crippen LogP) is 0.728. The molecule has 0 bridgehead atoms. The van der Waals surface area contributed by atoms with E-state index in [1.807, 2.05) is 18.5 Å². The van der Waals surface area contributed by atoms with Crippen molar-refractivity contribution in [1.82, 2.24) is 14.8 Å². The Labute approximate surface area is 61.3 Å². The molecular formula is C4H6IN3. The molecule has 0 saturated carbocycles. The molecule has 0 aliphatic rings. The molecule has 8 heavy (non-hydrogen) atoms. The third-order valence-corrected chi connectivity index (χ3v) is 1.98. The zero-order valence-electron chi connectivity index (χ0n) is 4.72. The summed E-state index contributed by atoms with van der Waals surface area (Å²) in [7, 11) is 1.94. The van der Waals surface area contributed by atoms with Gasteiger partial charge in [-0.3, -0.25) is 0 Å². The van der Waals surface area contributed by atoms with Crippen molar-refractivity contribution in [2.45, 2.75) is 6.92 Å². The van der Waals surface area contributed by atoms with Crippen molar-refractivity contribution in [2.75, 3.05) is 0 Å². The predicted molar refractivity (Wildman–Crippen MR) is 38.5 cm³/mol. The number of nitrogens with zero attached hydrogens (tertiary/aromatic N) is 3. The molecule has 0 N–H and O–H groups in total. The van der Waals surface area contributed by atoms with E-state index in [0.29, 0.717) is 0 Å². The molecule has 0 unspecified atom stereocenters. The minimum absolute atomic E-state index is 0.931. The van der Waals surface area contributed by atoms with E-state index in [4.69, 9.17) is 0 Å². The number of rotatable bonds is 0. The van der Waals surface area contributed by atoms with Gasteiger partial charge >= 0.3 is 0 Å². The van der Waals surface area contributed by atoms with Crippen LogP contribution in [0.2, 0.25) is 0 Å². The summed E-state index contributed by atoms with van der Waals surface area (Å²) in [5.41, 5.74) is 0. The fourth-order valence-electron chi connectivity index (χ4n) is 0.381. The topological polar surface area (TPSA) is 30.7 Å². The summed E-state index contributed by atoms with van der Waals surface area (Å²) in [6.45, 7) is 1.93. The van der Waals surface area contributed by atoms with Crippen LogP contribution in [0.25, 0.3) is 0 Å². The van der Waals surface area contributed by atoms with Crippen LogP contribution in [-0.2, 0) is 7.05 Å². The van der Waals surface area contributed by atoms with Gasteiger partial charge in [-0.05, 0) is 6.92 Å². The van der Waals surface area contributed by atoms with E-state index < -0.39 is 0 Å². The number of hydrogen-bond donors (Lipinski definition) is 0. The summed E-state index contributed by atoms with van der Waals surface area (Å²) in [6.07, 6.45) is 0. The van der Waals surface area contributed by atoms with Crippen LogP contribution in [0.15, 0.2) is 0 Å². The zero-order chi connectivity index (χ0) is 6.15. The zero-order valence-corrected chi connectivity index (χ0v) is 6.88. The van der Waals surface area contributed by atoms with Crippen molar-refractivity contribution in [2.24, 2.45) is 7.05 Å². The van der Waals surface area contributed by atoms with Crippen LogP contribution in [0.3, 0.4) is 0 Å². The quantitative estimate of drug-likeness (QED) is 0.607. The Morgan fingerprint density at radius 1 is 1.50 bits per heavy atom. The second-order valence-electron chi connectivity index (χ2n) is 1.58. The molecule has 0 aliphatic heterocycles. The largest absolute Gasteiger partial charge is 0.310 e.